The molecule has 2 rings (SSSR count). The van der Waals surface area contributed by atoms with Gasteiger partial charge in [-0.05, 0) is 24.9 Å². The number of primary amides is 1. The predicted octanol–water partition coefficient (Wildman–Crippen LogP) is 1.35. The van der Waals surface area contributed by atoms with Crippen molar-refractivity contribution < 1.29 is 9.18 Å². The summed E-state index contributed by atoms with van der Waals surface area (Å²) >= 11 is 0. The third kappa shape index (κ3) is 2.64. The van der Waals surface area contributed by atoms with Crippen molar-refractivity contribution in [2.24, 2.45) is 5.73 Å². The molecule has 3 atom stereocenters. The normalized spacial score (nSPS) is 26.4. The minimum absolute atomic E-state index is 0.474. The van der Waals surface area contributed by atoms with Gasteiger partial charge in [-0.1, -0.05) is 30.3 Å². The zero-order valence-electron chi connectivity index (χ0n) is 9.60. The first-order chi connectivity index (χ1) is 8.20. The minimum Gasteiger partial charge on any atom is -0.369 e. The highest BCUT2D eigenvalue weighted by atomic mass is 19.1. The van der Waals surface area contributed by atoms with E-state index < -0.39 is 24.0 Å². The van der Waals surface area contributed by atoms with Crippen molar-refractivity contribution >= 4 is 5.91 Å². The summed E-state index contributed by atoms with van der Waals surface area (Å²) in [6.45, 7) is 0.738. The first-order valence-electron chi connectivity index (χ1n) is 5.92. The number of rotatable bonds is 3. The van der Waals surface area contributed by atoms with Gasteiger partial charge in [-0.2, -0.15) is 0 Å². The van der Waals surface area contributed by atoms with E-state index in [1.165, 1.54) is 0 Å². The van der Waals surface area contributed by atoms with Crippen molar-refractivity contribution in [1.29, 1.82) is 0 Å². The van der Waals surface area contributed by atoms with Crippen molar-refractivity contribution in [2.45, 2.75) is 31.0 Å². The van der Waals surface area contributed by atoms with E-state index in [-0.39, 0.29) is 0 Å². The summed E-state index contributed by atoms with van der Waals surface area (Å²) in [6.07, 6.45) is 0.285. The lowest BCUT2D eigenvalue weighted by molar-refractivity contribution is -0.120. The van der Waals surface area contributed by atoms with Gasteiger partial charge in [-0.15, -0.1) is 0 Å². The quantitative estimate of drug-likeness (QED) is 0.832. The third-order valence-electron chi connectivity index (χ3n) is 3.25. The molecule has 0 bridgehead atoms. The maximum atomic E-state index is 13.9. The number of nitrogens with two attached hydrogens (primary N) is 1. The number of carbonyl (C=O) groups is 1. The molecule has 92 valence electrons. The number of halogens is 1. The van der Waals surface area contributed by atoms with Crippen LogP contribution in [0.3, 0.4) is 0 Å². The summed E-state index contributed by atoms with van der Waals surface area (Å²) in [6, 6.07) is 8.67. The van der Waals surface area contributed by atoms with Crippen molar-refractivity contribution in [1.82, 2.24) is 5.32 Å². The van der Waals surface area contributed by atoms with Crippen LogP contribution in [0.5, 0.6) is 0 Å². The molecule has 3 nitrogen and oxygen atoms in total. The van der Waals surface area contributed by atoms with E-state index in [2.05, 4.69) is 5.32 Å². The lowest BCUT2D eigenvalue weighted by Gasteiger charge is -2.32. The lowest BCUT2D eigenvalue weighted by Crippen LogP contribution is -2.50. The fourth-order valence-corrected chi connectivity index (χ4v) is 2.41. The molecular formula is C13H17FN2O. The molecule has 1 saturated heterocycles. The monoisotopic (exact) mass is 236 g/mol. The fourth-order valence-electron chi connectivity index (χ4n) is 2.41. The first kappa shape index (κ1) is 12.0. The number of carbonyl (C=O) groups excluding carboxylic acids is 1. The standard InChI is InChI=1S/C13H17FN2O/c14-10-7-4-8-16-12(10)11(13(15)17)9-5-2-1-3-6-9/h1-3,5-6,10-12,16H,4,7-8H2,(H2,15,17)/t10-,11-,12+/m0/s1. The molecule has 0 unspecified atom stereocenters. The highest BCUT2D eigenvalue weighted by Gasteiger charge is 2.35. The second-order valence-corrected chi connectivity index (χ2v) is 4.43. The van der Waals surface area contributed by atoms with Crippen LogP contribution >= 0.6 is 0 Å². The predicted molar refractivity (Wildman–Crippen MR) is 64.3 cm³/mol. The summed E-state index contributed by atoms with van der Waals surface area (Å²) in [4.78, 5) is 11.6. The Balaban J connectivity index is 2.26. The van der Waals surface area contributed by atoms with E-state index in [4.69, 9.17) is 5.73 Å². The Morgan fingerprint density at radius 3 is 2.71 bits per heavy atom. The van der Waals surface area contributed by atoms with Crippen molar-refractivity contribution in [3.05, 3.63) is 35.9 Å². The van der Waals surface area contributed by atoms with Gasteiger partial charge in [0.1, 0.15) is 6.17 Å². The van der Waals surface area contributed by atoms with Gasteiger partial charge in [0, 0.05) is 0 Å². The Bertz CT molecular complexity index is 382. The zero-order chi connectivity index (χ0) is 12.3. The molecule has 1 fully saturated rings. The van der Waals surface area contributed by atoms with E-state index >= 15 is 0 Å². The highest BCUT2D eigenvalue weighted by molar-refractivity contribution is 5.83. The number of piperidine rings is 1. The Morgan fingerprint density at radius 1 is 1.41 bits per heavy atom. The van der Waals surface area contributed by atoms with Crippen LogP contribution in [-0.4, -0.2) is 24.7 Å². The molecule has 1 aromatic carbocycles. The highest BCUT2D eigenvalue weighted by Crippen LogP contribution is 2.27. The minimum atomic E-state index is -1.01. The molecule has 1 aromatic rings. The SMILES string of the molecule is NC(=O)[C@@H](c1ccccc1)[C@@H]1NCCC[C@@H]1F. The van der Waals surface area contributed by atoms with Gasteiger partial charge in [0.15, 0.2) is 0 Å². The van der Waals surface area contributed by atoms with E-state index in [1.54, 1.807) is 0 Å². The smallest absolute Gasteiger partial charge is 0.226 e. The third-order valence-corrected chi connectivity index (χ3v) is 3.25. The van der Waals surface area contributed by atoms with Gasteiger partial charge < -0.3 is 11.1 Å². The summed E-state index contributed by atoms with van der Waals surface area (Å²) < 4.78 is 13.9. The molecule has 3 N–H and O–H groups in total. The summed E-state index contributed by atoms with van der Waals surface area (Å²) in [5.74, 6) is -1.07. The molecule has 1 aliphatic rings. The summed E-state index contributed by atoms with van der Waals surface area (Å²) in [5.41, 5.74) is 6.20. The van der Waals surface area contributed by atoms with E-state index in [1.807, 2.05) is 30.3 Å². The maximum Gasteiger partial charge on any atom is 0.226 e. The topological polar surface area (TPSA) is 55.1 Å². The van der Waals surface area contributed by atoms with E-state index in [9.17, 15) is 9.18 Å². The van der Waals surface area contributed by atoms with Crippen molar-refractivity contribution in [3.63, 3.8) is 0 Å². The average molecular weight is 236 g/mol. The van der Waals surface area contributed by atoms with E-state index in [0.29, 0.717) is 6.42 Å². The van der Waals surface area contributed by atoms with Gasteiger partial charge in [0.2, 0.25) is 5.91 Å². The molecular weight excluding hydrogens is 219 g/mol. The Hall–Kier alpha value is -1.42. The van der Waals surface area contributed by atoms with Crippen LogP contribution in [0, 0.1) is 0 Å². The Kier molecular flexibility index (Phi) is 3.74. The second-order valence-electron chi connectivity index (χ2n) is 4.43. The van der Waals surface area contributed by atoms with Gasteiger partial charge >= 0.3 is 0 Å². The zero-order valence-corrected chi connectivity index (χ0v) is 9.60. The molecule has 0 saturated carbocycles. The van der Waals surface area contributed by atoms with Crippen LogP contribution in [0.15, 0.2) is 30.3 Å². The fraction of sp³-hybridized carbons (Fsp3) is 0.462. The molecule has 0 aliphatic carbocycles. The first-order valence-corrected chi connectivity index (χ1v) is 5.92. The van der Waals surface area contributed by atoms with Crippen LogP contribution in [0.4, 0.5) is 4.39 Å². The van der Waals surface area contributed by atoms with Crippen LogP contribution in [0.2, 0.25) is 0 Å². The molecule has 17 heavy (non-hydrogen) atoms. The number of amides is 1. The van der Waals surface area contributed by atoms with Crippen LogP contribution in [0.1, 0.15) is 24.3 Å². The number of hydrogen-bond acceptors (Lipinski definition) is 2. The molecule has 1 aliphatic heterocycles. The molecule has 0 radical (unpaired) electrons. The Labute approximate surface area is 100 Å². The molecule has 1 heterocycles. The van der Waals surface area contributed by atoms with Gasteiger partial charge in [0.25, 0.3) is 0 Å². The Morgan fingerprint density at radius 2 is 2.12 bits per heavy atom. The van der Waals surface area contributed by atoms with Crippen molar-refractivity contribution in [2.75, 3.05) is 6.54 Å². The summed E-state index contributed by atoms with van der Waals surface area (Å²) in [5, 5.41) is 3.07. The largest absolute Gasteiger partial charge is 0.369 e. The number of alkyl halides is 1. The average Bonchev–Trinajstić information content (AvgIpc) is 2.33. The summed E-state index contributed by atoms with van der Waals surface area (Å²) in [7, 11) is 0. The molecule has 0 spiro atoms. The van der Waals surface area contributed by atoms with E-state index in [0.717, 1.165) is 18.5 Å². The number of hydrogen-bond donors (Lipinski definition) is 2. The van der Waals surface area contributed by atoms with Gasteiger partial charge in [-0.25, -0.2) is 4.39 Å². The van der Waals surface area contributed by atoms with Gasteiger partial charge in [0.05, 0.1) is 12.0 Å². The van der Waals surface area contributed by atoms with Crippen LogP contribution in [0.25, 0.3) is 0 Å². The second kappa shape index (κ2) is 5.27. The molecule has 1 amide bonds. The van der Waals surface area contributed by atoms with Crippen molar-refractivity contribution in [3.8, 4) is 0 Å². The molecule has 0 aromatic heterocycles. The number of benzene rings is 1. The lowest BCUT2D eigenvalue weighted by atomic mass is 9.85. The maximum absolute atomic E-state index is 13.9. The van der Waals surface area contributed by atoms with Crippen LogP contribution < -0.4 is 11.1 Å². The number of nitrogens with one attached hydrogen (secondary N) is 1. The molecule has 4 heteroatoms. The van der Waals surface area contributed by atoms with Gasteiger partial charge in [-0.3, -0.25) is 4.79 Å². The van der Waals surface area contributed by atoms with Crippen LogP contribution in [-0.2, 0) is 4.79 Å².